The van der Waals surface area contributed by atoms with Crippen LogP contribution in [-0.4, -0.2) is 48.0 Å². The number of rotatable bonds is 9. The van der Waals surface area contributed by atoms with Crippen LogP contribution in [-0.2, 0) is 22.4 Å². The Kier molecular flexibility index (Phi) is 8.79. The quantitative estimate of drug-likeness (QED) is 0.576. The normalized spacial score (nSPS) is 12.9. The first kappa shape index (κ1) is 23.6. The van der Waals surface area contributed by atoms with E-state index in [2.05, 4.69) is 16.7 Å². The minimum Gasteiger partial charge on any atom is -0.508 e. The summed E-state index contributed by atoms with van der Waals surface area (Å²) >= 11 is 0. The van der Waals surface area contributed by atoms with Gasteiger partial charge in [0, 0.05) is 6.20 Å². The first-order chi connectivity index (χ1) is 14.8. The molecule has 0 bridgehead atoms. The van der Waals surface area contributed by atoms with E-state index < -0.39 is 12.1 Å². The number of phenolic OH excluding ortho intramolecular Hbond substituents is 1. The maximum atomic E-state index is 12.7. The maximum absolute atomic E-state index is 12.7. The number of amides is 2. The highest BCUT2D eigenvalue weighted by molar-refractivity contribution is 5.90. The zero-order valence-electron chi connectivity index (χ0n) is 18.0. The molecule has 2 aromatic carbocycles. The lowest BCUT2D eigenvalue weighted by molar-refractivity contribution is -0.130. The Morgan fingerprint density at radius 2 is 1.68 bits per heavy atom. The Labute approximate surface area is 183 Å². The number of benzene rings is 2. The van der Waals surface area contributed by atoms with Crippen molar-refractivity contribution in [2.75, 3.05) is 14.1 Å². The molecule has 2 aromatic rings. The number of carbonyl (C=O) groups excluding carboxylic acids is 2. The van der Waals surface area contributed by atoms with Gasteiger partial charge in [-0.25, -0.2) is 0 Å². The zero-order valence-corrected chi connectivity index (χ0v) is 18.0. The molecule has 0 aliphatic carbocycles. The van der Waals surface area contributed by atoms with Crippen molar-refractivity contribution in [2.24, 2.45) is 0 Å². The average Bonchev–Trinajstić information content (AvgIpc) is 2.76. The second-order valence-electron chi connectivity index (χ2n) is 7.50. The molecule has 0 fully saturated rings. The molecule has 0 aromatic heterocycles. The first-order valence-corrected chi connectivity index (χ1v) is 9.99. The van der Waals surface area contributed by atoms with Gasteiger partial charge in [-0.05, 0) is 69.3 Å². The van der Waals surface area contributed by atoms with Crippen molar-refractivity contribution in [1.29, 1.82) is 5.26 Å². The van der Waals surface area contributed by atoms with Crippen molar-refractivity contribution < 1.29 is 14.7 Å². The third-order valence-electron chi connectivity index (χ3n) is 4.82. The fourth-order valence-electron chi connectivity index (χ4n) is 2.92. The van der Waals surface area contributed by atoms with Gasteiger partial charge in [0.25, 0.3) is 0 Å². The Morgan fingerprint density at radius 1 is 1.06 bits per heavy atom. The van der Waals surface area contributed by atoms with Crippen molar-refractivity contribution in [3.05, 3.63) is 77.5 Å². The molecule has 2 atom stereocenters. The maximum Gasteiger partial charge on any atom is 0.246 e. The second kappa shape index (κ2) is 11.5. The van der Waals surface area contributed by atoms with Gasteiger partial charge in [0.2, 0.25) is 11.8 Å². The smallest absolute Gasteiger partial charge is 0.246 e. The van der Waals surface area contributed by atoms with Gasteiger partial charge < -0.3 is 15.7 Å². The summed E-state index contributed by atoms with van der Waals surface area (Å²) in [7, 11) is 3.61. The third-order valence-corrected chi connectivity index (χ3v) is 4.82. The Hall–Kier alpha value is -3.63. The zero-order chi connectivity index (χ0) is 22.8. The van der Waals surface area contributed by atoms with E-state index in [0.29, 0.717) is 18.4 Å². The molecule has 3 N–H and O–H groups in total. The molecule has 2 rings (SSSR count). The Morgan fingerprint density at radius 3 is 2.26 bits per heavy atom. The first-order valence-electron chi connectivity index (χ1n) is 9.99. The summed E-state index contributed by atoms with van der Waals surface area (Å²) in [4.78, 5) is 26.8. The van der Waals surface area contributed by atoms with Crippen molar-refractivity contribution in [3.63, 3.8) is 0 Å². The van der Waals surface area contributed by atoms with E-state index in [1.165, 1.54) is 0 Å². The Balaban J connectivity index is 1.85. The number of carbonyl (C=O) groups is 2. The lowest BCUT2D eigenvalue weighted by Gasteiger charge is -2.25. The van der Waals surface area contributed by atoms with Crippen LogP contribution in [0.4, 0.5) is 0 Å². The highest BCUT2D eigenvalue weighted by Gasteiger charge is 2.24. The summed E-state index contributed by atoms with van der Waals surface area (Å²) in [5.74, 6) is -0.388. The van der Waals surface area contributed by atoms with E-state index in [9.17, 15) is 14.7 Å². The lowest BCUT2D eigenvalue weighted by atomic mass is 10.0. The molecule has 31 heavy (non-hydrogen) atoms. The van der Waals surface area contributed by atoms with Crippen LogP contribution in [0.1, 0.15) is 23.6 Å². The number of nitriles is 1. The van der Waals surface area contributed by atoms with Crippen LogP contribution in [0.15, 0.2) is 60.8 Å². The van der Waals surface area contributed by atoms with Crippen LogP contribution < -0.4 is 10.6 Å². The molecule has 7 nitrogen and oxygen atoms in total. The van der Waals surface area contributed by atoms with E-state index in [4.69, 9.17) is 5.26 Å². The van der Waals surface area contributed by atoms with Crippen LogP contribution in [0.5, 0.6) is 5.75 Å². The van der Waals surface area contributed by atoms with Crippen molar-refractivity contribution in [2.45, 2.75) is 31.8 Å². The summed E-state index contributed by atoms with van der Waals surface area (Å²) in [5.41, 5.74) is 2.54. The van der Waals surface area contributed by atoms with Crippen molar-refractivity contribution >= 4 is 11.8 Å². The molecule has 0 heterocycles. The fraction of sp³-hybridized carbons (Fsp3) is 0.292. The van der Waals surface area contributed by atoms with Gasteiger partial charge in [0.15, 0.2) is 0 Å². The van der Waals surface area contributed by atoms with Gasteiger partial charge in [0.05, 0.1) is 17.7 Å². The second-order valence-corrected chi connectivity index (χ2v) is 7.50. The third kappa shape index (κ3) is 7.61. The number of phenols is 1. The number of aromatic hydroxyl groups is 1. The van der Waals surface area contributed by atoms with Crippen LogP contribution in [0, 0.1) is 11.3 Å². The molecule has 0 spiro atoms. The molecule has 1 unspecified atom stereocenters. The van der Waals surface area contributed by atoms with Gasteiger partial charge in [-0.1, -0.05) is 30.3 Å². The van der Waals surface area contributed by atoms with E-state index in [1.54, 1.807) is 74.6 Å². The predicted molar refractivity (Wildman–Crippen MR) is 119 cm³/mol. The SMILES string of the molecule is C[C@@H](NC(=O)C(Cc1ccc(O)cc1)N(C)C)C(=O)N/C=C/Cc1ccc(C#N)cc1. The number of allylic oxidation sites excluding steroid dienone is 1. The molecule has 0 saturated heterocycles. The summed E-state index contributed by atoms with van der Waals surface area (Å²) < 4.78 is 0. The molecule has 162 valence electrons. The number of likely N-dealkylation sites (N-methyl/N-ethyl adjacent to an activating group) is 1. The molecule has 0 saturated carbocycles. The number of nitrogens with zero attached hydrogens (tertiary/aromatic N) is 2. The fourth-order valence-corrected chi connectivity index (χ4v) is 2.92. The average molecular weight is 421 g/mol. The summed E-state index contributed by atoms with van der Waals surface area (Å²) in [5, 5.41) is 23.7. The number of hydrogen-bond donors (Lipinski definition) is 3. The molecule has 2 amide bonds. The van der Waals surface area contributed by atoms with Gasteiger partial charge >= 0.3 is 0 Å². The topological polar surface area (TPSA) is 105 Å². The standard InChI is InChI=1S/C24H28N4O3/c1-17(23(30)26-14-4-5-18-6-8-20(16-25)9-7-18)27-24(31)22(28(2)3)15-19-10-12-21(29)13-11-19/h4,6-14,17,22,29H,5,15H2,1-3H3,(H,26,30)(H,27,31)/b14-4+/t17-,22?/m1/s1. The summed E-state index contributed by atoms with van der Waals surface area (Å²) in [6, 6.07) is 14.9. The monoisotopic (exact) mass is 420 g/mol. The van der Waals surface area contributed by atoms with E-state index in [0.717, 1.165) is 11.1 Å². The number of hydrogen-bond acceptors (Lipinski definition) is 5. The lowest BCUT2D eigenvalue weighted by Crippen LogP contribution is -2.51. The van der Waals surface area contributed by atoms with E-state index in [1.807, 2.05) is 12.1 Å². The van der Waals surface area contributed by atoms with E-state index >= 15 is 0 Å². The number of nitrogens with one attached hydrogen (secondary N) is 2. The minimum atomic E-state index is -0.700. The molecule has 0 aliphatic heterocycles. The van der Waals surface area contributed by atoms with Crippen LogP contribution in [0.25, 0.3) is 0 Å². The predicted octanol–water partition coefficient (Wildman–Crippen LogP) is 2.11. The minimum absolute atomic E-state index is 0.173. The van der Waals surface area contributed by atoms with Crippen molar-refractivity contribution in [1.82, 2.24) is 15.5 Å². The highest BCUT2D eigenvalue weighted by atomic mass is 16.3. The van der Waals surface area contributed by atoms with Gasteiger partial charge in [-0.3, -0.25) is 14.5 Å². The van der Waals surface area contributed by atoms with Gasteiger partial charge in [-0.15, -0.1) is 0 Å². The molecule has 7 heteroatoms. The molecular formula is C24H28N4O3. The highest BCUT2D eigenvalue weighted by Crippen LogP contribution is 2.13. The van der Waals surface area contributed by atoms with Crippen LogP contribution in [0.2, 0.25) is 0 Å². The van der Waals surface area contributed by atoms with E-state index in [-0.39, 0.29) is 17.6 Å². The molecule has 0 aliphatic rings. The van der Waals surface area contributed by atoms with Crippen LogP contribution in [0.3, 0.4) is 0 Å². The Bertz CT molecular complexity index is 944. The summed E-state index contributed by atoms with van der Waals surface area (Å²) in [6.07, 6.45) is 4.43. The summed E-state index contributed by atoms with van der Waals surface area (Å²) in [6.45, 7) is 1.63. The molecule has 0 radical (unpaired) electrons. The van der Waals surface area contributed by atoms with Crippen LogP contribution >= 0.6 is 0 Å². The van der Waals surface area contributed by atoms with Gasteiger partial charge in [0.1, 0.15) is 11.8 Å². The molecular weight excluding hydrogens is 392 g/mol. The largest absolute Gasteiger partial charge is 0.508 e. The van der Waals surface area contributed by atoms with Crippen molar-refractivity contribution in [3.8, 4) is 11.8 Å². The van der Waals surface area contributed by atoms with Gasteiger partial charge in [-0.2, -0.15) is 5.26 Å².